The van der Waals surface area contributed by atoms with Gasteiger partial charge in [0.15, 0.2) is 11.5 Å². The van der Waals surface area contributed by atoms with Gasteiger partial charge in [-0.2, -0.15) is 18.3 Å². The standard InChI is InChI=1S/C39H44F3N5O2/c1-4-28-20-27(14-15-31(28)29-16-18-45(19-17-29)23-26-12-13-26)24-46-22-25(3)30-8-6-9-32(36(30)46)34-10-7-11-35(44-34)47-37(39(40,41)42)33(21-43-47)38(48)49-5-2/h6-11,14-15,20-21,25-26,29H,4-5,12-13,16-19,22-24H2,1-3H3. The molecule has 3 aliphatic rings. The Morgan fingerprint density at radius 2 is 1.76 bits per heavy atom. The van der Waals surface area contributed by atoms with Crippen molar-refractivity contribution in [1.82, 2.24) is 19.7 Å². The smallest absolute Gasteiger partial charge is 0.434 e. The summed E-state index contributed by atoms with van der Waals surface area (Å²) in [5, 5.41) is 3.94. The van der Waals surface area contributed by atoms with Crippen LogP contribution in [0.15, 0.2) is 60.8 Å². The Bertz CT molecular complexity index is 1820. The molecule has 0 amide bonds. The van der Waals surface area contributed by atoms with Crippen LogP contribution in [-0.4, -0.2) is 58.4 Å². The molecule has 49 heavy (non-hydrogen) atoms. The Morgan fingerprint density at radius 1 is 0.980 bits per heavy atom. The number of hydrogen-bond donors (Lipinski definition) is 0. The van der Waals surface area contributed by atoms with Gasteiger partial charge in [-0.1, -0.05) is 56.3 Å². The summed E-state index contributed by atoms with van der Waals surface area (Å²) < 4.78 is 48.4. The fraction of sp³-hybridized carbons (Fsp3) is 0.462. The second-order valence-electron chi connectivity index (χ2n) is 13.8. The molecule has 2 aromatic heterocycles. The minimum absolute atomic E-state index is 0.0304. The number of hydrogen-bond acceptors (Lipinski definition) is 6. The van der Waals surface area contributed by atoms with E-state index in [0.29, 0.717) is 16.3 Å². The van der Waals surface area contributed by atoms with Gasteiger partial charge >= 0.3 is 12.1 Å². The van der Waals surface area contributed by atoms with Crippen LogP contribution in [0.1, 0.15) is 96.6 Å². The van der Waals surface area contributed by atoms with Crippen LogP contribution in [0.2, 0.25) is 0 Å². The highest BCUT2D eigenvalue weighted by Gasteiger charge is 2.41. The number of fused-ring (bicyclic) bond motifs is 1. The topological polar surface area (TPSA) is 63.5 Å². The van der Waals surface area contributed by atoms with E-state index in [1.165, 1.54) is 73.6 Å². The number of piperidine rings is 1. The first-order valence-electron chi connectivity index (χ1n) is 17.7. The van der Waals surface area contributed by atoms with Crippen LogP contribution < -0.4 is 4.90 Å². The summed E-state index contributed by atoms with van der Waals surface area (Å²) in [5.41, 5.74) is 5.95. The van der Waals surface area contributed by atoms with Crippen molar-refractivity contribution in [2.45, 2.75) is 77.4 Å². The first-order chi connectivity index (χ1) is 23.6. The molecular formula is C39H44F3N5O2. The molecule has 1 unspecified atom stereocenters. The first-order valence-corrected chi connectivity index (χ1v) is 17.7. The molecule has 0 N–H and O–H groups in total. The number of para-hydroxylation sites is 1. The van der Waals surface area contributed by atoms with E-state index in [-0.39, 0.29) is 18.3 Å². The highest BCUT2D eigenvalue weighted by molar-refractivity contribution is 5.91. The lowest BCUT2D eigenvalue weighted by Gasteiger charge is -2.33. The Balaban J connectivity index is 1.16. The quantitative estimate of drug-likeness (QED) is 0.158. The summed E-state index contributed by atoms with van der Waals surface area (Å²) in [4.78, 5) is 22.1. The molecule has 4 aromatic rings. The number of esters is 1. The zero-order chi connectivity index (χ0) is 34.3. The van der Waals surface area contributed by atoms with Crippen molar-refractivity contribution in [3.63, 3.8) is 0 Å². The second kappa shape index (κ2) is 13.6. The number of nitrogens with zero attached hydrogens (tertiary/aromatic N) is 5. The third-order valence-corrected chi connectivity index (χ3v) is 10.4. The van der Waals surface area contributed by atoms with Gasteiger partial charge in [-0.25, -0.2) is 14.5 Å². The number of pyridine rings is 1. The lowest BCUT2D eigenvalue weighted by Crippen LogP contribution is -2.34. The van der Waals surface area contributed by atoms with Gasteiger partial charge in [-0.15, -0.1) is 0 Å². The Kier molecular flexibility index (Phi) is 9.26. The van der Waals surface area contributed by atoms with Crippen LogP contribution in [0.25, 0.3) is 17.1 Å². The van der Waals surface area contributed by atoms with Crippen molar-refractivity contribution in [2.75, 3.05) is 37.7 Å². The molecule has 1 saturated heterocycles. The molecule has 10 heteroatoms. The number of aryl methyl sites for hydroxylation is 1. The van der Waals surface area contributed by atoms with Crippen LogP contribution in [0, 0.1) is 5.92 Å². The zero-order valence-corrected chi connectivity index (χ0v) is 28.5. The van der Waals surface area contributed by atoms with Gasteiger partial charge in [0.1, 0.15) is 5.56 Å². The summed E-state index contributed by atoms with van der Waals surface area (Å²) in [5.74, 6) is 0.718. The van der Waals surface area contributed by atoms with Crippen molar-refractivity contribution < 1.29 is 22.7 Å². The number of carbonyl (C=O) groups is 1. The van der Waals surface area contributed by atoms with Crippen molar-refractivity contribution >= 4 is 11.7 Å². The summed E-state index contributed by atoms with van der Waals surface area (Å²) in [6.07, 6.45) is 2.28. The summed E-state index contributed by atoms with van der Waals surface area (Å²) in [6, 6.07) is 18.1. The zero-order valence-electron chi connectivity index (χ0n) is 28.5. The van der Waals surface area contributed by atoms with Crippen LogP contribution in [0.5, 0.6) is 0 Å². The summed E-state index contributed by atoms with van der Waals surface area (Å²) in [6.45, 7) is 11.2. The predicted molar refractivity (Wildman–Crippen MR) is 184 cm³/mol. The molecule has 7 nitrogen and oxygen atoms in total. The van der Waals surface area contributed by atoms with Crippen LogP contribution >= 0.6 is 0 Å². The minimum Gasteiger partial charge on any atom is -0.462 e. The maximum Gasteiger partial charge on any atom is 0.434 e. The molecule has 0 spiro atoms. The lowest BCUT2D eigenvalue weighted by atomic mass is 9.85. The second-order valence-corrected chi connectivity index (χ2v) is 13.8. The maximum absolute atomic E-state index is 14.3. The van der Waals surface area contributed by atoms with Crippen LogP contribution in [-0.2, 0) is 23.9 Å². The molecule has 1 saturated carbocycles. The van der Waals surface area contributed by atoms with E-state index in [1.54, 1.807) is 13.0 Å². The van der Waals surface area contributed by atoms with E-state index >= 15 is 0 Å². The average Bonchev–Trinajstić information content (AvgIpc) is 3.69. The van der Waals surface area contributed by atoms with Crippen molar-refractivity contribution in [2.24, 2.45) is 5.92 Å². The van der Waals surface area contributed by atoms with E-state index < -0.39 is 23.4 Å². The van der Waals surface area contributed by atoms with Gasteiger partial charge in [-0.3, -0.25) is 0 Å². The molecule has 0 bridgehead atoms. The third-order valence-electron chi connectivity index (χ3n) is 10.4. The molecule has 7 rings (SSSR count). The van der Waals surface area contributed by atoms with Gasteiger partial charge < -0.3 is 14.5 Å². The normalized spacial score (nSPS) is 18.6. The molecule has 2 aliphatic heterocycles. The van der Waals surface area contributed by atoms with E-state index in [2.05, 4.69) is 58.0 Å². The predicted octanol–water partition coefficient (Wildman–Crippen LogP) is 8.41. The van der Waals surface area contributed by atoms with Crippen LogP contribution in [0.4, 0.5) is 18.9 Å². The molecule has 1 atom stereocenters. The van der Waals surface area contributed by atoms with Gasteiger partial charge in [0.2, 0.25) is 0 Å². The lowest BCUT2D eigenvalue weighted by molar-refractivity contribution is -0.143. The van der Waals surface area contributed by atoms with Gasteiger partial charge in [-0.05, 0) is 98.3 Å². The van der Waals surface area contributed by atoms with E-state index in [4.69, 9.17) is 4.74 Å². The van der Waals surface area contributed by atoms with Gasteiger partial charge in [0, 0.05) is 31.1 Å². The summed E-state index contributed by atoms with van der Waals surface area (Å²) in [7, 11) is 0. The van der Waals surface area contributed by atoms with E-state index in [9.17, 15) is 18.0 Å². The SMILES string of the molecule is CCOC(=O)c1cnn(-c2cccc(-c3cccc4c3N(Cc3ccc(C5CCN(CC6CC6)CC5)c(CC)c3)CC4C)n2)c1C(F)(F)F. The van der Waals surface area contributed by atoms with Crippen LogP contribution in [0.3, 0.4) is 0 Å². The van der Waals surface area contributed by atoms with E-state index in [1.807, 2.05) is 18.2 Å². The Morgan fingerprint density at radius 3 is 2.47 bits per heavy atom. The van der Waals surface area contributed by atoms with Crippen molar-refractivity contribution in [3.8, 4) is 17.1 Å². The number of halogens is 3. The highest BCUT2D eigenvalue weighted by Crippen LogP contribution is 2.44. The fourth-order valence-corrected chi connectivity index (χ4v) is 7.80. The largest absolute Gasteiger partial charge is 0.462 e. The molecular weight excluding hydrogens is 627 g/mol. The molecule has 0 radical (unpaired) electrons. The number of likely N-dealkylation sites (tertiary alicyclic amines) is 1. The van der Waals surface area contributed by atoms with Gasteiger partial charge in [0.25, 0.3) is 0 Å². The number of rotatable bonds is 10. The number of benzene rings is 2. The number of alkyl halides is 3. The number of aromatic nitrogens is 3. The maximum atomic E-state index is 14.3. The van der Waals surface area contributed by atoms with Gasteiger partial charge in [0.05, 0.1) is 24.2 Å². The first kappa shape index (κ1) is 33.3. The van der Waals surface area contributed by atoms with E-state index in [0.717, 1.165) is 42.9 Å². The molecule has 4 heterocycles. The number of anilines is 1. The Hall–Kier alpha value is -4.18. The molecule has 2 fully saturated rings. The third kappa shape index (κ3) is 6.84. The minimum atomic E-state index is -4.85. The average molecular weight is 672 g/mol. The van der Waals surface area contributed by atoms with Crippen molar-refractivity contribution in [3.05, 3.63) is 94.3 Å². The Labute approximate surface area is 286 Å². The highest BCUT2D eigenvalue weighted by atomic mass is 19.4. The monoisotopic (exact) mass is 671 g/mol. The number of carbonyl (C=O) groups excluding carboxylic acids is 1. The fourth-order valence-electron chi connectivity index (χ4n) is 7.80. The van der Waals surface area contributed by atoms with Crippen molar-refractivity contribution in [1.29, 1.82) is 0 Å². The molecule has 2 aromatic carbocycles. The molecule has 1 aliphatic carbocycles. The molecule has 258 valence electrons. The summed E-state index contributed by atoms with van der Waals surface area (Å²) >= 11 is 0. The number of ether oxygens (including phenoxy) is 1.